The van der Waals surface area contributed by atoms with E-state index in [1.165, 1.54) is 0 Å². The van der Waals surface area contributed by atoms with E-state index in [0.717, 1.165) is 0 Å². The lowest BCUT2D eigenvalue weighted by atomic mass is 9.74. The van der Waals surface area contributed by atoms with E-state index in [1.54, 1.807) is 29.2 Å². The highest BCUT2D eigenvalue weighted by Gasteiger charge is 2.43. The Morgan fingerprint density at radius 2 is 1.79 bits per heavy atom. The quantitative estimate of drug-likeness (QED) is 0.306. The predicted molar refractivity (Wildman–Crippen MR) is 115 cm³/mol. The molecule has 1 unspecified atom stereocenters. The molecule has 0 saturated carbocycles. The summed E-state index contributed by atoms with van der Waals surface area (Å²) in [4.78, 5) is 25.9. The van der Waals surface area contributed by atoms with E-state index in [9.17, 15) is 14.7 Å². The van der Waals surface area contributed by atoms with Crippen molar-refractivity contribution >= 4 is 48.8 Å². The molecule has 1 heterocycles. The first kappa shape index (κ1) is 25.5. The van der Waals surface area contributed by atoms with Crippen LogP contribution in [0.15, 0.2) is 24.3 Å². The number of urea groups is 1. The molecular weight excluding hydrogens is 420 g/mol. The monoisotopic (exact) mass is 447 g/mol. The Balaban J connectivity index is 0.00000420. The SMILES string of the molecule is Cl.NC(CCCCB(O)O)(C(=O)O)C1CCN(C(=O)Nc2ccc(Cl)cc2)CC1. The zero-order valence-electron chi connectivity index (χ0n) is 16.1. The number of nitrogens with one attached hydrogen (secondary N) is 1. The van der Waals surface area contributed by atoms with Gasteiger partial charge in [0.1, 0.15) is 5.54 Å². The topological polar surface area (TPSA) is 136 Å². The highest BCUT2D eigenvalue weighted by Crippen LogP contribution is 2.31. The van der Waals surface area contributed by atoms with Crippen molar-refractivity contribution in [1.29, 1.82) is 0 Å². The molecule has 0 aromatic heterocycles. The number of carbonyl (C=O) groups excluding carboxylic acids is 1. The number of aliphatic carboxylic acids is 1. The minimum Gasteiger partial charge on any atom is -0.480 e. The van der Waals surface area contributed by atoms with E-state index < -0.39 is 18.6 Å². The molecule has 0 spiro atoms. The molecule has 11 heteroatoms. The third kappa shape index (κ3) is 7.35. The van der Waals surface area contributed by atoms with Gasteiger partial charge in [-0.2, -0.15) is 0 Å². The number of unbranched alkanes of at least 4 members (excludes halogenated alkanes) is 1. The summed E-state index contributed by atoms with van der Waals surface area (Å²) in [5.74, 6) is -1.30. The van der Waals surface area contributed by atoms with Crippen molar-refractivity contribution in [2.24, 2.45) is 11.7 Å². The number of likely N-dealkylation sites (tertiary alicyclic amines) is 1. The largest absolute Gasteiger partial charge is 0.480 e. The Labute approximate surface area is 182 Å². The van der Waals surface area contributed by atoms with Gasteiger partial charge in [0.15, 0.2) is 0 Å². The number of carboxylic acid groups (broad SMARTS) is 1. The number of benzene rings is 1. The maximum atomic E-state index is 12.4. The first-order valence-electron chi connectivity index (χ1n) is 9.42. The molecule has 0 aliphatic carbocycles. The van der Waals surface area contributed by atoms with Crippen molar-refractivity contribution in [1.82, 2.24) is 4.90 Å². The van der Waals surface area contributed by atoms with Crippen LogP contribution in [0.25, 0.3) is 0 Å². The van der Waals surface area contributed by atoms with Crippen molar-refractivity contribution in [3.8, 4) is 0 Å². The number of hydrogen-bond acceptors (Lipinski definition) is 5. The van der Waals surface area contributed by atoms with Gasteiger partial charge in [0, 0.05) is 23.8 Å². The highest BCUT2D eigenvalue weighted by atomic mass is 35.5. The lowest BCUT2D eigenvalue weighted by Gasteiger charge is -2.40. The fraction of sp³-hybridized carbons (Fsp3) is 0.556. The molecular formula is C18H28BCl2N3O5. The number of carbonyl (C=O) groups is 2. The van der Waals surface area contributed by atoms with Crippen LogP contribution in [0.2, 0.25) is 11.3 Å². The van der Waals surface area contributed by atoms with Crippen LogP contribution in [0.4, 0.5) is 10.5 Å². The summed E-state index contributed by atoms with van der Waals surface area (Å²) in [6.45, 7) is 0.845. The molecule has 1 aromatic rings. The maximum absolute atomic E-state index is 12.4. The van der Waals surface area contributed by atoms with Crippen LogP contribution in [0.3, 0.4) is 0 Å². The molecule has 1 aliphatic heterocycles. The van der Waals surface area contributed by atoms with Gasteiger partial charge in [-0.3, -0.25) is 4.79 Å². The number of rotatable bonds is 8. The zero-order valence-corrected chi connectivity index (χ0v) is 17.7. The molecule has 8 nitrogen and oxygen atoms in total. The molecule has 0 radical (unpaired) electrons. The number of nitrogens with zero attached hydrogens (tertiary/aromatic N) is 1. The van der Waals surface area contributed by atoms with E-state index in [1.807, 2.05) is 0 Å². The summed E-state index contributed by atoms with van der Waals surface area (Å²) in [5.41, 5.74) is 5.50. The van der Waals surface area contributed by atoms with Crippen LogP contribution in [0, 0.1) is 5.92 Å². The van der Waals surface area contributed by atoms with Gasteiger partial charge in [-0.1, -0.05) is 24.4 Å². The van der Waals surface area contributed by atoms with Crippen molar-refractivity contribution in [2.75, 3.05) is 18.4 Å². The van der Waals surface area contributed by atoms with Gasteiger partial charge in [-0.25, -0.2) is 4.79 Å². The number of carboxylic acids is 1. The van der Waals surface area contributed by atoms with Crippen molar-refractivity contribution in [2.45, 2.75) is 44.0 Å². The second kappa shape index (κ2) is 11.6. The number of nitrogens with two attached hydrogens (primary N) is 1. The van der Waals surface area contributed by atoms with Gasteiger partial charge < -0.3 is 31.1 Å². The molecule has 1 aromatic carbocycles. The highest BCUT2D eigenvalue weighted by molar-refractivity contribution is 6.40. The van der Waals surface area contributed by atoms with Crippen molar-refractivity contribution in [3.63, 3.8) is 0 Å². The second-order valence-corrected chi connectivity index (χ2v) is 7.71. The fourth-order valence-electron chi connectivity index (χ4n) is 3.56. The lowest BCUT2D eigenvalue weighted by Crippen LogP contribution is -2.57. The Kier molecular flexibility index (Phi) is 10.2. The maximum Gasteiger partial charge on any atom is 0.451 e. The lowest BCUT2D eigenvalue weighted by molar-refractivity contribution is -0.146. The van der Waals surface area contributed by atoms with Crippen LogP contribution in [0.5, 0.6) is 0 Å². The third-order valence-corrected chi connectivity index (χ3v) is 5.56. The molecule has 0 bridgehead atoms. The molecule has 29 heavy (non-hydrogen) atoms. The first-order valence-corrected chi connectivity index (χ1v) is 9.80. The normalized spacial score (nSPS) is 16.5. The number of amides is 2. The average Bonchev–Trinajstić information content (AvgIpc) is 2.66. The van der Waals surface area contributed by atoms with Gasteiger partial charge in [0.2, 0.25) is 0 Å². The molecule has 1 fully saturated rings. The van der Waals surface area contributed by atoms with E-state index in [4.69, 9.17) is 27.4 Å². The summed E-state index contributed by atoms with van der Waals surface area (Å²) in [6.07, 6.45) is 2.44. The summed E-state index contributed by atoms with van der Waals surface area (Å²) in [6, 6.07) is 6.57. The number of piperidine rings is 1. The third-order valence-electron chi connectivity index (χ3n) is 5.31. The zero-order chi connectivity index (χ0) is 20.7. The molecule has 6 N–H and O–H groups in total. The van der Waals surface area contributed by atoms with Gasteiger partial charge in [0.25, 0.3) is 0 Å². The van der Waals surface area contributed by atoms with Gasteiger partial charge >= 0.3 is 19.1 Å². The Hall–Kier alpha value is -1.52. The Morgan fingerprint density at radius 1 is 1.21 bits per heavy atom. The fourth-order valence-corrected chi connectivity index (χ4v) is 3.69. The molecule has 1 aliphatic rings. The van der Waals surface area contributed by atoms with Crippen LogP contribution in [-0.2, 0) is 4.79 Å². The average molecular weight is 448 g/mol. The summed E-state index contributed by atoms with van der Waals surface area (Å²) < 4.78 is 0. The molecule has 1 atom stereocenters. The number of anilines is 1. The van der Waals surface area contributed by atoms with E-state index in [-0.39, 0.29) is 37.1 Å². The summed E-state index contributed by atoms with van der Waals surface area (Å²) in [5, 5.41) is 30.8. The van der Waals surface area contributed by atoms with E-state index >= 15 is 0 Å². The van der Waals surface area contributed by atoms with Gasteiger partial charge in [-0.05, 0) is 55.8 Å². The molecule has 162 valence electrons. The van der Waals surface area contributed by atoms with Crippen LogP contribution in [0.1, 0.15) is 32.1 Å². The predicted octanol–water partition coefficient (Wildman–Crippen LogP) is 2.43. The van der Waals surface area contributed by atoms with Gasteiger partial charge in [-0.15, -0.1) is 12.4 Å². The first-order chi connectivity index (χ1) is 13.2. The molecule has 2 amide bonds. The Bertz CT molecular complexity index is 672. The van der Waals surface area contributed by atoms with Crippen molar-refractivity contribution in [3.05, 3.63) is 29.3 Å². The molecule has 2 rings (SSSR count). The number of hydrogen-bond donors (Lipinski definition) is 5. The minimum atomic E-state index is -1.39. The molecule has 1 saturated heterocycles. The van der Waals surface area contributed by atoms with Crippen molar-refractivity contribution < 1.29 is 24.7 Å². The van der Waals surface area contributed by atoms with Crippen LogP contribution >= 0.6 is 24.0 Å². The summed E-state index contributed by atoms with van der Waals surface area (Å²) >= 11 is 5.83. The minimum absolute atomic E-state index is 0. The standard InChI is InChI=1S/C18H27BClN3O5.ClH/c20-14-3-5-15(6-4-14)22-17(26)23-11-7-13(8-12-23)18(21,16(24)25)9-1-2-10-19(27)28;/h3-6,13,27-28H,1-2,7-12,21H2,(H,22,26)(H,24,25);1H. The van der Waals surface area contributed by atoms with Crippen LogP contribution < -0.4 is 11.1 Å². The van der Waals surface area contributed by atoms with Gasteiger partial charge in [0.05, 0.1) is 0 Å². The summed E-state index contributed by atoms with van der Waals surface area (Å²) in [7, 11) is -1.39. The smallest absolute Gasteiger partial charge is 0.451 e. The van der Waals surface area contributed by atoms with Crippen LogP contribution in [-0.4, -0.2) is 57.8 Å². The Morgan fingerprint density at radius 3 is 2.31 bits per heavy atom. The number of halogens is 2. The van der Waals surface area contributed by atoms with E-state index in [2.05, 4.69) is 5.32 Å². The van der Waals surface area contributed by atoms with E-state index in [0.29, 0.717) is 49.5 Å². The second-order valence-electron chi connectivity index (χ2n) is 7.27.